The number of halogens is 1. The SMILES string of the molecule is COCC1CC(=O)C(c2sccc2Cl)C1. The minimum atomic E-state index is 0.0117. The Balaban J connectivity index is 2.12. The van der Waals surface area contributed by atoms with E-state index in [9.17, 15) is 4.79 Å². The highest BCUT2D eigenvalue weighted by atomic mass is 35.5. The van der Waals surface area contributed by atoms with Crippen molar-refractivity contribution < 1.29 is 9.53 Å². The largest absolute Gasteiger partial charge is 0.384 e. The van der Waals surface area contributed by atoms with E-state index in [0.29, 0.717) is 24.7 Å². The van der Waals surface area contributed by atoms with Crippen molar-refractivity contribution in [3.05, 3.63) is 21.3 Å². The van der Waals surface area contributed by atoms with Crippen LogP contribution in [0.1, 0.15) is 23.6 Å². The molecule has 82 valence electrons. The van der Waals surface area contributed by atoms with Crippen LogP contribution in [0.25, 0.3) is 0 Å². The van der Waals surface area contributed by atoms with Gasteiger partial charge in [0.2, 0.25) is 0 Å². The molecule has 1 aromatic heterocycles. The third-order valence-electron chi connectivity index (χ3n) is 2.81. The van der Waals surface area contributed by atoms with Crippen LogP contribution in [-0.2, 0) is 9.53 Å². The summed E-state index contributed by atoms with van der Waals surface area (Å²) in [5.74, 6) is 0.685. The third kappa shape index (κ3) is 2.25. The van der Waals surface area contributed by atoms with Gasteiger partial charge in [0.1, 0.15) is 5.78 Å². The molecule has 0 N–H and O–H groups in total. The number of carbonyl (C=O) groups is 1. The van der Waals surface area contributed by atoms with E-state index < -0.39 is 0 Å². The first-order valence-electron chi connectivity index (χ1n) is 4.97. The molecule has 0 aliphatic heterocycles. The average molecular weight is 245 g/mol. The lowest BCUT2D eigenvalue weighted by Gasteiger charge is -2.08. The van der Waals surface area contributed by atoms with Gasteiger partial charge in [0.05, 0.1) is 10.9 Å². The second kappa shape index (κ2) is 4.64. The number of ether oxygens (including phenoxy) is 1. The van der Waals surface area contributed by atoms with Gasteiger partial charge in [-0.2, -0.15) is 0 Å². The molecule has 1 fully saturated rings. The average Bonchev–Trinajstić information content (AvgIpc) is 2.73. The first-order chi connectivity index (χ1) is 7.22. The molecule has 0 aromatic carbocycles. The fourth-order valence-corrected chi connectivity index (χ4v) is 3.47. The smallest absolute Gasteiger partial charge is 0.141 e. The van der Waals surface area contributed by atoms with E-state index in [1.165, 1.54) is 0 Å². The molecule has 2 rings (SSSR count). The highest BCUT2D eigenvalue weighted by molar-refractivity contribution is 7.10. The molecular formula is C11H13ClO2S. The predicted molar refractivity (Wildman–Crippen MR) is 61.7 cm³/mol. The number of hydrogen-bond donors (Lipinski definition) is 0. The van der Waals surface area contributed by atoms with E-state index in [-0.39, 0.29) is 5.92 Å². The Kier molecular flexibility index (Phi) is 3.44. The van der Waals surface area contributed by atoms with Crippen molar-refractivity contribution in [1.29, 1.82) is 0 Å². The monoisotopic (exact) mass is 244 g/mol. The Morgan fingerprint density at radius 1 is 1.67 bits per heavy atom. The van der Waals surface area contributed by atoms with E-state index in [1.807, 2.05) is 11.4 Å². The standard InChI is InChI=1S/C11H13ClO2S/c1-14-6-7-4-8(10(13)5-7)11-9(12)2-3-15-11/h2-3,7-8H,4-6H2,1H3. The molecule has 1 heterocycles. The molecule has 0 bridgehead atoms. The van der Waals surface area contributed by atoms with Gasteiger partial charge in [0.15, 0.2) is 0 Å². The molecule has 4 heteroatoms. The molecule has 1 aromatic rings. The fourth-order valence-electron chi connectivity index (χ4n) is 2.14. The van der Waals surface area contributed by atoms with Crippen LogP contribution in [0.15, 0.2) is 11.4 Å². The topological polar surface area (TPSA) is 26.3 Å². The first kappa shape index (κ1) is 11.1. The molecule has 0 spiro atoms. The van der Waals surface area contributed by atoms with Gasteiger partial charge in [-0.05, 0) is 23.8 Å². The zero-order valence-corrected chi connectivity index (χ0v) is 10.1. The molecule has 2 unspecified atom stereocenters. The molecule has 1 aliphatic carbocycles. The Hall–Kier alpha value is -0.380. The van der Waals surface area contributed by atoms with Crippen LogP contribution in [-0.4, -0.2) is 19.5 Å². The maximum atomic E-state index is 11.8. The summed E-state index contributed by atoms with van der Waals surface area (Å²) in [5.41, 5.74) is 0. The number of hydrogen-bond acceptors (Lipinski definition) is 3. The summed E-state index contributed by atoms with van der Waals surface area (Å²) < 4.78 is 5.09. The van der Waals surface area contributed by atoms with Gasteiger partial charge in [0, 0.05) is 25.0 Å². The molecule has 1 aliphatic rings. The summed E-state index contributed by atoms with van der Waals surface area (Å²) in [7, 11) is 1.68. The highest BCUT2D eigenvalue weighted by Crippen LogP contribution is 2.40. The molecule has 2 atom stereocenters. The van der Waals surface area contributed by atoms with Crippen molar-refractivity contribution in [1.82, 2.24) is 0 Å². The van der Waals surface area contributed by atoms with Gasteiger partial charge >= 0.3 is 0 Å². The van der Waals surface area contributed by atoms with Gasteiger partial charge in [-0.1, -0.05) is 11.6 Å². The normalized spacial score (nSPS) is 26.1. The lowest BCUT2D eigenvalue weighted by Crippen LogP contribution is -2.03. The van der Waals surface area contributed by atoms with E-state index >= 15 is 0 Å². The molecular weight excluding hydrogens is 232 g/mol. The van der Waals surface area contributed by atoms with Crippen molar-refractivity contribution in [2.45, 2.75) is 18.8 Å². The zero-order chi connectivity index (χ0) is 10.8. The Morgan fingerprint density at radius 3 is 3.07 bits per heavy atom. The van der Waals surface area contributed by atoms with Crippen LogP contribution in [0.4, 0.5) is 0 Å². The number of carbonyl (C=O) groups excluding carboxylic acids is 1. The minimum Gasteiger partial charge on any atom is -0.384 e. The van der Waals surface area contributed by atoms with Crippen molar-refractivity contribution >= 4 is 28.7 Å². The maximum absolute atomic E-state index is 11.8. The Bertz CT molecular complexity index is 361. The van der Waals surface area contributed by atoms with Crippen LogP contribution in [0.3, 0.4) is 0 Å². The van der Waals surface area contributed by atoms with E-state index in [0.717, 1.165) is 16.3 Å². The highest BCUT2D eigenvalue weighted by Gasteiger charge is 2.35. The van der Waals surface area contributed by atoms with Gasteiger partial charge in [-0.25, -0.2) is 0 Å². The van der Waals surface area contributed by atoms with Crippen LogP contribution in [0.5, 0.6) is 0 Å². The molecule has 1 saturated carbocycles. The minimum absolute atomic E-state index is 0.0117. The summed E-state index contributed by atoms with van der Waals surface area (Å²) in [4.78, 5) is 12.8. The number of rotatable bonds is 3. The first-order valence-corrected chi connectivity index (χ1v) is 6.22. The molecule has 0 saturated heterocycles. The van der Waals surface area contributed by atoms with Gasteiger partial charge < -0.3 is 4.74 Å². The van der Waals surface area contributed by atoms with Crippen molar-refractivity contribution in [2.75, 3.05) is 13.7 Å². The summed E-state index contributed by atoms with van der Waals surface area (Å²) in [6.07, 6.45) is 1.51. The van der Waals surface area contributed by atoms with Crippen LogP contribution < -0.4 is 0 Å². The molecule has 0 radical (unpaired) electrons. The van der Waals surface area contributed by atoms with Crippen molar-refractivity contribution in [3.8, 4) is 0 Å². The van der Waals surface area contributed by atoms with Crippen LogP contribution in [0.2, 0.25) is 5.02 Å². The predicted octanol–water partition coefficient (Wildman–Crippen LogP) is 3.11. The zero-order valence-electron chi connectivity index (χ0n) is 8.53. The summed E-state index contributed by atoms with van der Waals surface area (Å²) in [6.45, 7) is 0.672. The maximum Gasteiger partial charge on any atom is 0.141 e. The summed E-state index contributed by atoms with van der Waals surface area (Å²) in [5, 5.41) is 2.67. The quantitative estimate of drug-likeness (QED) is 0.817. The lowest BCUT2D eigenvalue weighted by molar-refractivity contribution is -0.118. The van der Waals surface area contributed by atoms with Crippen molar-refractivity contribution in [3.63, 3.8) is 0 Å². The Labute approximate surface area is 98.2 Å². The third-order valence-corrected chi connectivity index (χ3v) is 4.28. The van der Waals surface area contributed by atoms with Crippen molar-refractivity contribution in [2.24, 2.45) is 5.92 Å². The van der Waals surface area contributed by atoms with Gasteiger partial charge in [-0.3, -0.25) is 4.79 Å². The molecule has 0 amide bonds. The second-order valence-corrected chi connectivity index (χ2v) is 5.27. The second-order valence-electron chi connectivity index (χ2n) is 3.91. The number of methoxy groups -OCH3 is 1. The number of Topliss-reactive ketones (excluding diaryl/α,β-unsaturated/α-hetero) is 1. The number of thiophene rings is 1. The van der Waals surface area contributed by atoms with E-state index in [1.54, 1.807) is 18.4 Å². The lowest BCUT2D eigenvalue weighted by atomic mass is 10.0. The Morgan fingerprint density at radius 2 is 2.47 bits per heavy atom. The number of ketones is 1. The summed E-state index contributed by atoms with van der Waals surface area (Å²) in [6, 6.07) is 1.86. The van der Waals surface area contributed by atoms with E-state index in [4.69, 9.17) is 16.3 Å². The molecule has 15 heavy (non-hydrogen) atoms. The van der Waals surface area contributed by atoms with Gasteiger partial charge in [0.25, 0.3) is 0 Å². The van der Waals surface area contributed by atoms with E-state index in [2.05, 4.69) is 0 Å². The molecule has 2 nitrogen and oxygen atoms in total. The summed E-state index contributed by atoms with van der Waals surface area (Å²) >= 11 is 7.61. The fraction of sp³-hybridized carbons (Fsp3) is 0.545. The van der Waals surface area contributed by atoms with Gasteiger partial charge in [-0.15, -0.1) is 11.3 Å². The van der Waals surface area contributed by atoms with Crippen LogP contribution >= 0.6 is 22.9 Å². The van der Waals surface area contributed by atoms with Crippen LogP contribution in [0, 0.1) is 5.92 Å².